The SMILES string of the molecule is COc1ccc2[nH]c(=O)n(CC3CCCS(=O)(=O)C3)c2c1. The summed E-state index contributed by atoms with van der Waals surface area (Å²) >= 11 is 0. The van der Waals surface area contributed by atoms with Crippen LogP contribution in [0.4, 0.5) is 0 Å². The number of rotatable bonds is 3. The van der Waals surface area contributed by atoms with Crippen LogP contribution in [0.5, 0.6) is 5.75 Å². The Labute approximate surface area is 122 Å². The topological polar surface area (TPSA) is 81.2 Å². The summed E-state index contributed by atoms with van der Waals surface area (Å²) in [4.78, 5) is 14.9. The molecule has 1 atom stereocenters. The van der Waals surface area contributed by atoms with E-state index >= 15 is 0 Å². The Morgan fingerprint density at radius 1 is 1.43 bits per heavy atom. The lowest BCUT2D eigenvalue weighted by molar-refractivity contribution is 0.413. The number of sulfone groups is 1. The van der Waals surface area contributed by atoms with Gasteiger partial charge in [0, 0.05) is 12.6 Å². The first-order valence-corrected chi connectivity index (χ1v) is 8.77. The number of nitrogens with zero attached hydrogens (tertiary/aromatic N) is 1. The van der Waals surface area contributed by atoms with Crippen molar-refractivity contribution in [3.63, 3.8) is 0 Å². The van der Waals surface area contributed by atoms with E-state index in [0.717, 1.165) is 17.5 Å². The van der Waals surface area contributed by atoms with Crippen LogP contribution in [0, 0.1) is 5.92 Å². The molecule has 0 amide bonds. The number of methoxy groups -OCH3 is 1. The van der Waals surface area contributed by atoms with Crippen molar-refractivity contribution >= 4 is 20.9 Å². The van der Waals surface area contributed by atoms with E-state index in [4.69, 9.17) is 4.74 Å². The predicted molar refractivity (Wildman–Crippen MR) is 80.5 cm³/mol. The summed E-state index contributed by atoms with van der Waals surface area (Å²) in [7, 11) is -1.39. The third-order valence-corrected chi connectivity index (χ3v) is 5.87. The number of imidazole rings is 1. The number of nitrogens with one attached hydrogen (secondary N) is 1. The van der Waals surface area contributed by atoms with Gasteiger partial charge in [0.15, 0.2) is 9.84 Å². The Bertz CT molecular complexity index is 819. The molecule has 0 saturated carbocycles. The molecule has 1 unspecified atom stereocenters. The summed E-state index contributed by atoms with van der Waals surface area (Å²) in [5, 5.41) is 0. The van der Waals surface area contributed by atoms with Crippen LogP contribution in [-0.2, 0) is 16.4 Å². The van der Waals surface area contributed by atoms with Crippen LogP contribution in [0.15, 0.2) is 23.0 Å². The van der Waals surface area contributed by atoms with Gasteiger partial charge in [0.25, 0.3) is 0 Å². The van der Waals surface area contributed by atoms with Crippen LogP contribution < -0.4 is 10.4 Å². The maximum atomic E-state index is 12.1. The molecule has 1 aliphatic rings. The van der Waals surface area contributed by atoms with Crippen molar-refractivity contribution in [3.8, 4) is 5.75 Å². The van der Waals surface area contributed by atoms with E-state index in [0.29, 0.717) is 18.7 Å². The van der Waals surface area contributed by atoms with Gasteiger partial charge in [-0.3, -0.25) is 4.57 Å². The van der Waals surface area contributed by atoms with Crippen molar-refractivity contribution in [2.24, 2.45) is 5.92 Å². The summed E-state index contributed by atoms with van der Waals surface area (Å²) in [6.07, 6.45) is 1.51. The van der Waals surface area contributed by atoms with Gasteiger partial charge >= 0.3 is 5.69 Å². The number of aromatic amines is 1. The highest BCUT2D eigenvalue weighted by atomic mass is 32.2. The number of ether oxygens (including phenoxy) is 1. The van der Waals surface area contributed by atoms with Crippen LogP contribution in [0.2, 0.25) is 0 Å². The Kier molecular flexibility index (Phi) is 3.52. The van der Waals surface area contributed by atoms with Gasteiger partial charge in [0.2, 0.25) is 0 Å². The van der Waals surface area contributed by atoms with Gasteiger partial charge < -0.3 is 9.72 Å². The van der Waals surface area contributed by atoms with Gasteiger partial charge in [-0.15, -0.1) is 0 Å². The fourth-order valence-electron chi connectivity index (χ4n) is 2.96. The van der Waals surface area contributed by atoms with Crippen molar-refractivity contribution in [3.05, 3.63) is 28.7 Å². The van der Waals surface area contributed by atoms with Gasteiger partial charge in [-0.25, -0.2) is 13.2 Å². The molecule has 0 bridgehead atoms. The molecule has 1 aromatic heterocycles. The lowest BCUT2D eigenvalue weighted by Gasteiger charge is -2.22. The van der Waals surface area contributed by atoms with Gasteiger partial charge in [-0.1, -0.05) is 0 Å². The Balaban J connectivity index is 1.96. The molecule has 21 heavy (non-hydrogen) atoms. The standard InChI is InChI=1S/C14H18N2O4S/c1-20-11-4-5-12-13(7-11)16(14(17)15-12)8-10-3-2-6-21(18,19)9-10/h4-5,7,10H,2-3,6,8-9H2,1H3,(H,15,17). The van der Waals surface area contributed by atoms with Crippen molar-refractivity contribution in [1.29, 1.82) is 0 Å². The molecule has 1 N–H and O–H groups in total. The zero-order chi connectivity index (χ0) is 15.0. The second-order valence-electron chi connectivity index (χ2n) is 5.55. The van der Waals surface area contributed by atoms with Crippen LogP contribution >= 0.6 is 0 Å². The minimum Gasteiger partial charge on any atom is -0.497 e. The molecular formula is C14H18N2O4S. The first-order chi connectivity index (χ1) is 9.98. The number of hydrogen-bond acceptors (Lipinski definition) is 4. The summed E-state index contributed by atoms with van der Waals surface area (Å²) in [6, 6.07) is 5.38. The van der Waals surface area contributed by atoms with E-state index in [1.54, 1.807) is 29.9 Å². The molecule has 114 valence electrons. The number of fused-ring (bicyclic) bond motifs is 1. The summed E-state index contributed by atoms with van der Waals surface area (Å²) in [5.74, 6) is 1.09. The normalized spacial score (nSPS) is 21.5. The minimum absolute atomic E-state index is 0.00773. The van der Waals surface area contributed by atoms with Crippen molar-refractivity contribution in [2.75, 3.05) is 18.6 Å². The van der Waals surface area contributed by atoms with E-state index in [1.165, 1.54) is 0 Å². The van der Waals surface area contributed by atoms with E-state index in [9.17, 15) is 13.2 Å². The maximum absolute atomic E-state index is 12.1. The third-order valence-electron chi connectivity index (χ3n) is 3.98. The Morgan fingerprint density at radius 2 is 2.24 bits per heavy atom. The first-order valence-electron chi connectivity index (χ1n) is 6.95. The van der Waals surface area contributed by atoms with E-state index in [1.807, 2.05) is 0 Å². The highest BCUT2D eigenvalue weighted by Gasteiger charge is 2.26. The molecule has 1 aliphatic heterocycles. The van der Waals surface area contributed by atoms with E-state index < -0.39 is 9.84 Å². The van der Waals surface area contributed by atoms with Gasteiger partial charge in [-0.05, 0) is 30.9 Å². The molecule has 6 nitrogen and oxygen atoms in total. The number of benzene rings is 1. The molecule has 2 heterocycles. The summed E-state index contributed by atoms with van der Waals surface area (Å²) < 4.78 is 30.2. The summed E-state index contributed by atoms with van der Waals surface area (Å²) in [5.41, 5.74) is 1.28. The third kappa shape index (κ3) is 2.83. The molecule has 2 aromatic rings. The van der Waals surface area contributed by atoms with Crippen molar-refractivity contribution in [2.45, 2.75) is 19.4 Å². The van der Waals surface area contributed by atoms with Crippen LogP contribution in [0.3, 0.4) is 0 Å². The fourth-order valence-corrected chi connectivity index (χ4v) is 4.72. The molecular weight excluding hydrogens is 292 g/mol. The van der Waals surface area contributed by atoms with Crippen molar-refractivity contribution < 1.29 is 13.2 Å². The van der Waals surface area contributed by atoms with Crippen LogP contribution in [0.1, 0.15) is 12.8 Å². The lowest BCUT2D eigenvalue weighted by Crippen LogP contribution is -2.30. The van der Waals surface area contributed by atoms with Gasteiger partial charge in [-0.2, -0.15) is 0 Å². The minimum atomic E-state index is -2.96. The molecule has 1 aromatic carbocycles. The molecule has 7 heteroatoms. The second-order valence-corrected chi connectivity index (χ2v) is 7.78. The average Bonchev–Trinajstić information content (AvgIpc) is 2.73. The van der Waals surface area contributed by atoms with E-state index in [-0.39, 0.29) is 23.1 Å². The lowest BCUT2D eigenvalue weighted by atomic mass is 10.1. The molecule has 1 fully saturated rings. The average molecular weight is 310 g/mol. The highest BCUT2D eigenvalue weighted by molar-refractivity contribution is 7.91. The number of aromatic nitrogens is 2. The molecule has 0 aliphatic carbocycles. The summed E-state index contributed by atoms with van der Waals surface area (Å²) in [6.45, 7) is 0.422. The fraction of sp³-hybridized carbons (Fsp3) is 0.500. The zero-order valence-corrected chi connectivity index (χ0v) is 12.6. The Morgan fingerprint density at radius 3 is 2.95 bits per heavy atom. The second kappa shape index (κ2) is 5.22. The molecule has 0 spiro atoms. The maximum Gasteiger partial charge on any atom is 0.326 e. The van der Waals surface area contributed by atoms with Gasteiger partial charge in [0.1, 0.15) is 5.75 Å². The predicted octanol–water partition coefficient (Wildman–Crippen LogP) is 1.16. The quantitative estimate of drug-likeness (QED) is 0.922. The molecule has 3 rings (SSSR count). The van der Waals surface area contributed by atoms with Crippen molar-refractivity contribution in [1.82, 2.24) is 9.55 Å². The zero-order valence-electron chi connectivity index (χ0n) is 11.8. The van der Waals surface area contributed by atoms with E-state index in [2.05, 4.69) is 4.98 Å². The number of H-pyrrole nitrogens is 1. The van der Waals surface area contributed by atoms with Gasteiger partial charge in [0.05, 0.1) is 29.6 Å². The monoisotopic (exact) mass is 310 g/mol. The molecule has 1 saturated heterocycles. The highest BCUT2D eigenvalue weighted by Crippen LogP contribution is 2.23. The van der Waals surface area contributed by atoms with Crippen LogP contribution in [-0.4, -0.2) is 36.6 Å². The molecule has 0 radical (unpaired) electrons. The first kappa shape index (κ1) is 14.2. The largest absolute Gasteiger partial charge is 0.497 e. The number of hydrogen-bond donors (Lipinski definition) is 1. The smallest absolute Gasteiger partial charge is 0.326 e. The Hall–Kier alpha value is -1.76. The van der Waals surface area contributed by atoms with Crippen LogP contribution in [0.25, 0.3) is 11.0 Å².